The maximum atomic E-state index is 12.0. The summed E-state index contributed by atoms with van der Waals surface area (Å²) in [4.78, 5) is 16.1. The SMILES string of the molecule is Cc1cc(C(=O)N[C@H](C)c2ccccc2)ccn1. The predicted molar refractivity (Wildman–Crippen MR) is 71.3 cm³/mol. The highest BCUT2D eigenvalue weighted by molar-refractivity contribution is 5.94. The Balaban J connectivity index is 2.08. The molecule has 0 spiro atoms. The molecule has 18 heavy (non-hydrogen) atoms. The Labute approximate surface area is 107 Å². The third-order valence-electron chi connectivity index (χ3n) is 2.81. The zero-order valence-electron chi connectivity index (χ0n) is 10.6. The molecule has 0 radical (unpaired) electrons. The van der Waals surface area contributed by atoms with E-state index in [1.807, 2.05) is 44.2 Å². The van der Waals surface area contributed by atoms with E-state index in [1.165, 1.54) is 0 Å². The Bertz CT molecular complexity index is 537. The first kappa shape index (κ1) is 12.3. The quantitative estimate of drug-likeness (QED) is 0.896. The molecule has 1 heterocycles. The minimum Gasteiger partial charge on any atom is -0.346 e. The number of carbonyl (C=O) groups excluding carboxylic acids is 1. The Morgan fingerprint density at radius 2 is 1.94 bits per heavy atom. The summed E-state index contributed by atoms with van der Waals surface area (Å²) in [5, 5.41) is 2.97. The van der Waals surface area contributed by atoms with Gasteiger partial charge in [0.1, 0.15) is 0 Å². The summed E-state index contributed by atoms with van der Waals surface area (Å²) >= 11 is 0. The van der Waals surface area contributed by atoms with E-state index in [4.69, 9.17) is 0 Å². The van der Waals surface area contributed by atoms with Gasteiger partial charge in [-0.3, -0.25) is 9.78 Å². The molecule has 1 aromatic carbocycles. The monoisotopic (exact) mass is 240 g/mol. The fourth-order valence-corrected chi connectivity index (χ4v) is 1.79. The molecule has 0 aliphatic carbocycles. The average Bonchev–Trinajstić information content (AvgIpc) is 2.39. The van der Waals surface area contributed by atoms with Crippen LogP contribution in [0.2, 0.25) is 0 Å². The summed E-state index contributed by atoms with van der Waals surface area (Å²) in [6.07, 6.45) is 1.65. The van der Waals surface area contributed by atoms with Crippen LogP contribution in [0.3, 0.4) is 0 Å². The van der Waals surface area contributed by atoms with Crippen molar-refractivity contribution in [1.29, 1.82) is 0 Å². The molecule has 1 aromatic heterocycles. The minimum atomic E-state index is -0.0724. The fraction of sp³-hybridized carbons (Fsp3) is 0.200. The average molecular weight is 240 g/mol. The van der Waals surface area contributed by atoms with Gasteiger partial charge >= 0.3 is 0 Å². The van der Waals surface area contributed by atoms with Crippen LogP contribution in [-0.2, 0) is 0 Å². The summed E-state index contributed by atoms with van der Waals surface area (Å²) in [5.74, 6) is -0.0724. The maximum absolute atomic E-state index is 12.0. The molecule has 0 aliphatic rings. The highest BCUT2D eigenvalue weighted by Crippen LogP contribution is 2.12. The highest BCUT2D eigenvalue weighted by Gasteiger charge is 2.11. The Hall–Kier alpha value is -2.16. The number of nitrogens with zero attached hydrogens (tertiary/aromatic N) is 1. The molecular weight excluding hydrogens is 224 g/mol. The van der Waals surface area contributed by atoms with Crippen LogP contribution >= 0.6 is 0 Å². The van der Waals surface area contributed by atoms with Crippen LogP contribution < -0.4 is 5.32 Å². The number of rotatable bonds is 3. The molecule has 1 amide bonds. The van der Waals surface area contributed by atoms with Crippen molar-refractivity contribution in [2.24, 2.45) is 0 Å². The standard InChI is InChI=1S/C15H16N2O/c1-11-10-14(8-9-16-11)15(18)17-12(2)13-6-4-3-5-7-13/h3-10,12H,1-2H3,(H,17,18)/t12-/m1/s1. The van der Waals surface area contributed by atoms with Gasteiger partial charge in [0.2, 0.25) is 0 Å². The zero-order valence-corrected chi connectivity index (χ0v) is 10.6. The first-order valence-electron chi connectivity index (χ1n) is 5.95. The van der Waals surface area contributed by atoms with Crippen molar-refractivity contribution in [1.82, 2.24) is 10.3 Å². The van der Waals surface area contributed by atoms with E-state index >= 15 is 0 Å². The molecule has 0 fully saturated rings. The second-order valence-electron chi connectivity index (χ2n) is 4.29. The first-order valence-corrected chi connectivity index (χ1v) is 5.95. The Kier molecular flexibility index (Phi) is 3.72. The number of benzene rings is 1. The molecule has 2 rings (SSSR count). The summed E-state index contributed by atoms with van der Waals surface area (Å²) < 4.78 is 0. The lowest BCUT2D eigenvalue weighted by atomic mass is 10.1. The van der Waals surface area contributed by atoms with Gasteiger partial charge in [0, 0.05) is 17.5 Å². The van der Waals surface area contributed by atoms with Crippen LogP contribution in [0.25, 0.3) is 0 Å². The van der Waals surface area contributed by atoms with E-state index in [2.05, 4.69) is 10.3 Å². The molecular formula is C15H16N2O. The van der Waals surface area contributed by atoms with Crippen molar-refractivity contribution in [3.05, 3.63) is 65.5 Å². The number of aryl methyl sites for hydroxylation is 1. The van der Waals surface area contributed by atoms with E-state index in [9.17, 15) is 4.79 Å². The van der Waals surface area contributed by atoms with E-state index in [-0.39, 0.29) is 11.9 Å². The van der Waals surface area contributed by atoms with Gasteiger partial charge in [-0.2, -0.15) is 0 Å². The van der Waals surface area contributed by atoms with E-state index in [0.717, 1.165) is 11.3 Å². The van der Waals surface area contributed by atoms with Crippen LogP contribution in [0.15, 0.2) is 48.7 Å². The van der Waals surface area contributed by atoms with Crippen LogP contribution in [-0.4, -0.2) is 10.9 Å². The topological polar surface area (TPSA) is 42.0 Å². The van der Waals surface area contributed by atoms with Gasteiger partial charge in [0.15, 0.2) is 0 Å². The van der Waals surface area contributed by atoms with Crippen molar-refractivity contribution in [2.45, 2.75) is 19.9 Å². The van der Waals surface area contributed by atoms with E-state index in [1.54, 1.807) is 18.3 Å². The Morgan fingerprint density at radius 1 is 1.22 bits per heavy atom. The fourth-order valence-electron chi connectivity index (χ4n) is 1.79. The summed E-state index contributed by atoms with van der Waals surface area (Å²) in [6, 6.07) is 13.4. The van der Waals surface area contributed by atoms with Crippen LogP contribution in [0.5, 0.6) is 0 Å². The molecule has 1 atom stereocenters. The van der Waals surface area contributed by atoms with E-state index in [0.29, 0.717) is 5.56 Å². The number of amides is 1. The summed E-state index contributed by atoms with van der Waals surface area (Å²) in [5.41, 5.74) is 2.58. The number of nitrogens with one attached hydrogen (secondary N) is 1. The lowest BCUT2D eigenvalue weighted by Crippen LogP contribution is -2.26. The molecule has 2 aromatic rings. The predicted octanol–water partition coefficient (Wildman–Crippen LogP) is 2.88. The summed E-state index contributed by atoms with van der Waals surface area (Å²) in [7, 11) is 0. The van der Waals surface area contributed by atoms with Crippen molar-refractivity contribution in [2.75, 3.05) is 0 Å². The van der Waals surface area contributed by atoms with Gasteiger partial charge in [-0.1, -0.05) is 30.3 Å². The lowest BCUT2D eigenvalue weighted by Gasteiger charge is -2.14. The Morgan fingerprint density at radius 3 is 2.61 bits per heavy atom. The second kappa shape index (κ2) is 5.45. The molecule has 0 unspecified atom stereocenters. The van der Waals surface area contributed by atoms with Gasteiger partial charge in [0.25, 0.3) is 5.91 Å². The zero-order chi connectivity index (χ0) is 13.0. The van der Waals surface area contributed by atoms with Crippen LogP contribution in [0.4, 0.5) is 0 Å². The van der Waals surface area contributed by atoms with Gasteiger partial charge in [-0.25, -0.2) is 0 Å². The highest BCUT2D eigenvalue weighted by atomic mass is 16.1. The number of carbonyl (C=O) groups is 1. The van der Waals surface area contributed by atoms with Crippen molar-refractivity contribution in [3.63, 3.8) is 0 Å². The number of aromatic nitrogens is 1. The first-order chi connectivity index (χ1) is 8.66. The molecule has 3 heteroatoms. The normalized spacial score (nSPS) is 11.9. The number of hydrogen-bond acceptors (Lipinski definition) is 2. The smallest absolute Gasteiger partial charge is 0.251 e. The van der Waals surface area contributed by atoms with Crippen molar-refractivity contribution < 1.29 is 4.79 Å². The van der Waals surface area contributed by atoms with Gasteiger partial charge in [0.05, 0.1) is 6.04 Å². The number of pyridine rings is 1. The van der Waals surface area contributed by atoms with Gasteiger partial charge in [-0.05, 0) is 31.5 Å². The van der Waals surface area contributed by atoms with Crippen molar-refractivity contribution in [3.8, 4) is 0 Å². The van der Waals surface area contributed by atoms with Crippen LogP contribution in [0, 0.1) is 6.92 Å². The van der Waals surface area contributed by atoms with E-state index < -0.39 is 0 Å². The largest absolute Gasteiger partial charge is 0.346 e. The molecule has 0 aliphatic heterocycles. The molecule has 1 N–H and O–H groups in total. The second-order valence-corrected chi connectivity index (χ2v) is 4.29. The third-order valence-corrected chi connectivity index (χ3v) is 2.81. The van der Waals surface area contributed by atoms with Crippen LogP contribution in [0.1, 0.15) is 34.6 Å². The molecule has 3 nitrogen and oxygen atoms in total. The minimum absolute atomic E-state index is 0.00725. The number of hydrogen-bond donors (Lipinski definition) is 1. The van der Waals surface area contributed by atoms with Gasteiger partial charge in [-0.15, -0.1) is 0 Å². The third kappa shape index (κ3) is 2.94. The molecule has 0 bridgehead atoms. The van der Waals surface area contributed by atoms with Gasteiger partial charge < -0.3 is 5.32 Å². The molecule has 0 saturated carbocycles. The molecule has 92 valence electrons. The van der Waals surface area contributed by atoms with Crippen molar-refractivity contribution >= 4 is 5.91 Å². The molecule has 0 saturated heterocycles. The lowest BCUT2D eigenvalue weighted by molar-refractivity contribution is 0.0939. The summed E-state index contributed by atoms with van der Waals surface area (Å²) in [6.45, 7) is 3.85. The maximum Gasteiger partial charge on any atom is 0.251 e.